The van der Waals surface area contributed by atoms with Crippen LogP contribution in [0.5, 0.6) is 0 Å². The molecule has 0 bridgehead atoms. The summed E-state index contributed by atoms with van der Waals surface area (Å²) in [6, 6.07) is 0. The predicted octanol–water partition coefficient (Wildman–Crippen LogP) is 4.55. The monoisotopic (exact) mass is 226 g/mol. The highest BCUT2D eigenvalue weighted by atomic mass is 16.4. The van der Waals surface area contributed by atoms with Gasteiger partial charge in [-0.1, -0.05) is 38.3 Å². The van der Waals surface area contributed by atoms with Gasteiger partial charge in [0.25, 0.3) is 0 Å². The Hall–Kier alpha value is -0.790. The lowest BCUT2D eigenvalue weighted by Gasteiger charge is -2.06. The smallest absolute Gasteiger partial charge is 0.303 e. The number of hydrogen-bond donors (Lipinski definition) is 1. The standard InChI is InChI=1S/C14H26O2/c1-3-5-9-13(10-6-4-2)11-7-8-12-14(15)16/h11H,3-10,12H2,1-2H3,(H,15,16). The van der Waals surface area contributed by atoms with Crippen molar-refractivity contribution >= 4 is 5.97 Å². The molecule has 0 amide bonds. The van der Waals surface area contributed by atoms with Gasteiger partial charge in [-0.2, -0.15) is 0 Å². The lowest BCUT2D eigenvalue weighted by molar-refractivity contribution is -0.137. The van der Waals surface area contributed by atoms with E-state index in [1.54, 1.807) is 0 Å². The van der Waals surface area contributed by atoms with Gasteiger partial charge in [0.05, 0.1) is 0 Å². The van der Waals surface area contributed by atoms with Gasteiger partial charge in [0, 0.05) is 6.42 Å². The first-order valence-electron chi connectivity index (χ1n) is 6.60. The molecule has 0 fully saturated rings. The summed E-state index contributed by atoms with van der Waals surface area (Å²) in [5, 5.41) is 8.54. The normalized spacial score (nSPS) is 10.1. The highest BCUT2D eigenvalue weighted by Gasteiger charge is 1.98. The Bertz CT molecular complexity index is 197. The molecule has 2 heteroatoms. The second-order valence-corrected chi connectivity index (χ2v) is 4.36. The Labute approximate surface area is 99.7 Å². The summed E-state index contributed by atoms with van der Waals surface area (Å²) in [6.45, 7) is 4.42. The molecule has 0 unspecified atom stereocenters. The Balaban J connectivity index is 3.84. The second-order valence-electron chi connectivity index (χ2n) is 4.36. The largest absolute Gasteiger partial charge is 0.481 e. The maximum absolute atomic E-state index is 10.4. The minimum absolute atomic E-state index is 0.297. The first-order valence-corrected chi connectivity index (χ1v) is 6.60. The van der Waals surface area contributed by atoms with E-state index in [1.165, 1.54) is 44.1 Å². The first kappa shape index (κ1) is 15.2. The molecular formula is C14H26O2. The minimum atomic E-state index is -0.683. The maximum atomic E-state index is 10.4. The van der Waals surface area contributed by atoms with E-state index in [-0.39, 0.29) is 0 Å². The van der Waals surface area contributed by atoms with E-state index in [0.29, 0.717) is 6.42 Å². The fraction of sp³-hybridized carbons (Fsp3) is 0.786. The topological polar surface area (TPSA) is 37.3 Å². The van der Waals surface area contributed by atoms with Crippen molar-refractivity contribution in [1.82, 2.24) is 0 Å². The van der Waals surface area contributed by atoms with E-state index >= 15 is 0 Å². The molecule has 1 N–H and O–H groups in total. The van der Waals surface area contributed by atoms with Gasteiger partial charge in [-0.25, -0.2) is 0 Å². The van der Waals surface area contributed by atoms with E-state index in [9.17, 15) is 4.79 Å². The summed E-state index contributed by atoms with van der Waals surface area (Å²) in [7, 11) is 0. The van der Waals surface area contributed by atoms with Crippen molar-refractivity contribution in [2.24, 2.45) is 0 Å². The SMILES string of the molecule is CCCCC(=CCCCC(=O)O)CCCC. The minimum Gasteiger partial charge on any atom is -0.481 e. The van der Waals surface area contributed by atoms with Crippen molar-refractivity contribution in [1.29, 1.82) is 0 Å². The summed E-state index contributed by atoms with van der Waals surface area (Å²) in [5.74, 6) is -0.683. The molecule has 0 heterocycles. The van der Waals surface area contributed by atoms with Crippen LogP contribution in [-0.4, -0.2) is 11.1 Å². The van der Waals surface area contributed by atoms with E-state index in [2.05, 4.69) is 19.9 Å². The van der Waals surface area contributed by atoms with Crippen LogP contribution in [0.25, 0.3) is 0 Å². The van der Waals surface area contributed by atoms with Crippen molar-refractivity contribution < 1.29 is 9.90 Å². The van der Waals surface area contributed by atoms with Crippen LogP contribution in [0.4, 0.5) is 0 Å². The number of carboxylic acids is 1. The number of allylic oxidation sites excluding steroid dienone is 2. The van der Waals surface area contributed by atoms with Crippen LogP contribution >= 0.6 is 0 Å². The van der Waals surface area contributed by atoms with E-state index < -0.39 is 5.97 Å². The molecule has 0 rings (SSSR count). The number of carboxylic acid groups (broad SMARTS) is 1. The summed E-state index contributed by atoms with van der Waals surface area (Å²) in [5.41, 5.74) is 1.54. The molecular weight excluding hydrogens is 200 g/mol. The van der Waals surface area contributed by atoms with Crippen LogP contribution in [0.15, 0.2) is 11.6 Å². The predicted molar refractivity (Wildman–Crippen MR) is 68.6 cm³/mol. The lowest BCUT2D eigenvalue weighted by atomic mass is 10.0. The first-order chi connectivity index (χ1) is 7.70. The molecule has 0 saturated heterocycles. The molecule has 0 aromatic heterocycles. The van der Waals surface area contributed by atoms with Crippen LogP contribution < -0.4 is 0 Å². The van der Waals surface area contributed by atoms with Crippen molar-refractivity contribution in [3.8, 4) is 0 Å². The molecule has 0 saturated carbocycles. The van der Waals surface area contributed by atoms with Crippen molar-refractivity contribution in [2.45, 2.75) is 71.6 Å². The van der Waals surface area contributed by atoms with Crippen LogP contribution in [0, 0.1) is 0 Å². The van der Waals surface area contributed by atoms with Crippen molar-refractivity contribution in [3.63, 3.8) is 0 Å². The number of unbranched alkanes of at least 4 members (excludes halogenated alkanes) is 3. The number of hydrogen-bond acceptors (Lipinski definition) is 1. The molecule has 0 aliphatic rings. The molecule has 0 radical (unpaired) electrons. The molecule has 0 aromatic carbocycles. The Morgan fingerprint density at radius 2 is 1.56 bits per heavy atom. The van der Waals surface area contributed by atoms with Gasteiger partial charge in [-0.05, 0) is 38.5 Å². The fourth-order valence-corrected chi connectivity index (χ4v) is 1.70. The quantitative estimate of drug-likeness (QED) is 0.438. The third-order valence-corrected chi connectivity index (χ3v) is 2.73. The summed E-state index contributed by atoms with van der Waals surface area (Å²) in [4.78, 5) is 10.4. The van der Waals surface area contributed by atoms with Crippen LogP contribution in [-0.2, 0) is 4.79 Å². The van der Waals surface area contributed by atoms with Gasteiger partial charge in [-0.15, -0.1) is 0 Å². The van der Waals surface area contributed by atoms with Crippen LogP contribution in [0.3, 0.4) is 0 Å². The van der Waals surface area contributed by atoms with Gasteiger partial charge < -0.3 is 5.11 Å². The highest BCUT2D eigenvalue weighted by molar-refractivity contribution is 5.66. The van der Waals surface area contributed by atoms with E-state index in [4.69, 9.17) is 5.11 Å². The fourth-order valence-electron chi connectivity index (χ4n) is 1.70. The third-order valence-electron chi connectivity index (χ3n) is 2.73. The van der Waals surface area contributed by atoms with Crippen molar-refractivity contribution in [3.05, 3.63) is 11.6 Å². The molecule has 0 atom stereocenters. The highest BCUT2D eigenvalue weighted by Crippen LogP contribution is 2.16. The summed E-state index contributed by atoms with van der Waals surface area (Å²) >= 11 is 0. The zero-order valence-corrected chi connectivity index (χ0v) is 10.8. The number of carbonyl (C=O) groups is 1. The van der Waals surface area contributed by atoms with E-state index in [1.807, 2.05) is 0 Å². The van der Waals surface area contributed by atoms with Gasteiger partial charge >= 0.3 is 5.97 Å². The Morgan fingerprint density at radius 3 is 2.00 bits per heavy atom. The summed E-state index contributed by atoms with van der Waals surface area (Å²) < 4.78 is 0. The van der Waals surface area contributed by atoms with Gasteiger partial charge in [-0.3, -0.25) is 4.79 Å². The molecule has 94 valence electrons. The molecule has 0 aliphatic carbocycles. The van der Waals surface area contributed by atoms with Crippen LogP contribution in [0.1, 0.15) is 71.6 Å². The molecule has 0 aromatic rings. The molecule has 2 nitrogen and oxygen atoms in total. The molecule has 16 heavy (non-hydrogen) atoms. The average Bonchev–Trinajstić information content (AvgIpc) is 2.26. The Kier molecular flexibility index (Phi) is 10.2. The van der Waals surface area contributed by atoms with Crippen molar-refractivity contribution in [2.75, 3.05) is 0 Å². The van der Waals surface area contributed by atoms with Gasteiger partial charge in [0.2, 0.25) is 0 Å². The Morgan fingerprint density at radius 1 is 1.00 bits per heavy atom. The third kappa shape index (κ3) is 9.75. The second kappa shape index (κ2) is 10.7. The zero-order chi connectivity index (χ0) is 12.2. The lowest BCUT2D eigenvalue weighted by Crippen LogP contribution is -1.93. The van der Waals surface area contributed by atoms with Gasteiger partial charge in [0.1, 0.15) is 0 Å². The number of rotatable bonds is 10. The average molecular weight is 226 g/mol. The maximum Gasteiger partial charge on any atom is 0.303 e. The number of aliphatic carboxylic acids is 1. The molecule has 0 spiro atoms. The zero-order valence-electron chi connectivity index (χ0n) is 10.8. The van der Waals surface area contributed by atoms with Gasteiger partial charge in [0.15, 0.2) is 0 Å². The molecule has 0 aliphatic heterocycles. The summed E-state index contributed by atoms with van der Waals surface area (Å²) in [6.07, 6.45) is 11.7. The van der Waals surface area contributed by atoms with E-state index in [0.717, 1.165) is 12.8 Å². The van der Waals surface area contributed by atoms with Crippen LogP contribution in [0.2, 0.25) is 0 Å².